The van der Waals surface area contributed by atoms with Gasteiger partial charge in [-0.1, -0.05) is 0 Å². The van der Waals surface area contributed by atoms with E-state index in [2.05, 4.69) is 10.3 Å². The number of rotatable bonds is 1. The van der Waals surface area contributed by atoms with Gasteiger partial charge in [-0.2, -0.15) is 0 Å². The number of pyridine rings is 1. The van der Waals surface area contributed by atoms with Gasteiger partial charge in [-0.15, -0.1) is 0 Å². The highest BCUT2D eigenvalue weighted by molar-refractivity contribution is 5.90. The fraction of sp³-hybridized carbons (Fsp3) is 0. The monoisotopic (exact) mass is 187 g/mol. The van der Waals surface area contributed by atoms with E-state index in [1.807, 2.05) is 0 Å². The Hall–Kier alpha value is -2.10. The third kappa shape index (κ3) is 1.80. The lowest BCUT2D eigenvalue weighted by Crippen LogP contribution is -2.17. The van der Waals surface area contributed by atoms with Crippen molar-refractivity contribution in [1.82, 2.24) is 9.55 Å². The minimum Gasteiger partial charge on any atom is -0.307 e. The van der Waals surface area contributed by atoms with Crippen molar-refractivity contribution in [1.29, 1.82) is 0 Å². The Morgan fingerprint density at radius 3 is 2.50 bits per heavy atom. The molecule has 0 fully saturated rings. The van der Waals surface area contributed by atoms with Crippen LogP contribution in [0.25, 0.3) is 0 Å². The van der Waals surface area contributed by atoms with Gasteiger partial charge in [0.05, 0.1) is 0 Å². The molecule has 2 aromatic rings. The maximum Gasteiger partial charge on any atom is 0.329 e. The smallest absolute Gasteiger partial charge is 0.307 e. The minimum absolute atomic E-state index is 0.179. The molecule has 0 spiro atoms. The maximum atomic E-state index is 11.5. The van der Waals surface area contributed by atoms with Gasteiger partial charge in [-0.25, -0.2) is 4.79 Å². The number of aromatic nitrogens is 2. The van der Waals surface area contributed by atoms with Crippen molar-refractivity contribution in [3.05, 3.63) is 49.1 Å². The molecule has 0 unspecified atom stereocenters. The first-order valence-corrected chi connectivity index (χ1v) is 4.20. The number of hydrogen-bond donors (Lipinski definition) is 1. The molecule has 1 N–H and O–H groups in total. The topological polar surface area (TPSA) is 46.9 Å². The summed E-state index contributed by atoms with van der Waals surface area (Å²) in [4.78, 5) is 15.4. The third-order valence-electron chi connectivity index (χ3n) is 1.77. The van der Waals surface area contributed by atoms with Crippen molar-refractivity contribution in [3.8, 4) is 0 Å². The van der Waals surface area contributed by atoms with Gasteiger partial charge in [0.1, 0.15) is 0 Å². The van der Waals surface area contributed by atoms with Crippen molar-refractivity contribution in [2.45, 2.75) is 0 Å². The van der Waals surface area contributed by atoms with Crippen LogP contribution in [0.15, 0.2) is 49.1 Å². The lowest BCUT2D eigenvalue weighted by atomic mass is 10.4. The van der Waals surface area contributed by atoms with Crippen LogP contribution < -0.4 is 5.32 Å². The largest absolute Gasteiger partial charge is 0.329 e. The van der Waals surface area contributed by atoms with E-state index < -0.39 is 0 Å². The number of nitrogens with zero attached hydrogens (tertiary/aromatic N) is 2. The zero-order chi connectivity index (χ0) is 9.80. The normalized spacial score (nSPS) is 9.71. The summed E-state index contributed by atoms with van der Waals surface area (Å²) in [5, 5.41) is 2.73. The van der Waals surface area contributed by atoms with Gasteiger partial charge in [0.25, 0.3) is 0 Å². The Kier molecular flexibility index (Phi) is 2.27. The molecule has 0 atom stereocenters. The van der Waals surface area contributed by atoms with E-state index in [1.165, 1.54) is 4.57 Å². The Morgan fingerprint density at radius 2 is 1.86 bits per heavy atom. The van der Waals surface area contributed by atoms with Gasteiger partial charge >= 0.3 is 6.03 Å². The van der Waals surface area contributed by atoms with E-state index in [9.17, 15) is 4.79 Å². The SMILES string of the molecule is O=C(Nc1ccncc1)n1cccc1. The van der Waals surface area contributed by atoms with E-state index in [4.69, 9.17) is 0 Å². The summed E-state index contributed by atoms with van der Waals surface area (Å²) >= 11 is 0. The average Bonchev–Trinajstić information content (AvgIpc) is 2.72. The first-order valence-electron chi connectivity index (χ1n) is 4.20. The average molecular weight is 187 g/mol. The number of carbonyl (C=O) groups is 1. The Labute approximate surface area is 81.2 Å². The number of amides is 1. The van der Waals surface area contributed by atoms with Crippen molar-refractivity contribution < 1.29 is 4.79 Å². The fourth-order valence-electron chi connectivity index (χ4n) is 1.09. The first kappa shape index (κ1) is 8.50. The maximum absolute atomic E-state index is 11.5. The summed E-state index contributed by atoms with van der Waals surface area (Å²) in [5.41, 5.74) is 0.735. The molecular formula is C10H9N3O. The highest BCUT2D eigenvalue weighted by Gasteiger charge is 2.01. The zero-order valence-corrected chi connectivity index (χ0v) is 7.42. The van der Waals surface area contributed by atoms with Gasteiger partial charge in [-0.3, -0.25) is 9.55 Å². The molecule has 0 aliphatic rings. The number of nitrogens with one attached hydrogen (secondary N) is 1. The second-order valence-corrected chi connectivity index (χ2v) is 2.76. The summed E-state index contributed by atoms with van der Waals surface area (Å²) in [7, 11) is 0. The van der Waals surface area contributed by atoms with E-state index >= 15 is 0 Å². The first-order chi connectivity index (χ1) is 6.86. The fourth-order valence-corrected chi connectivity index (χ4v) is 1.09. The molecule has 2 rings (SSSR count). The van der Waals surface area contributed by atoms with E-state index in [-0.39, 0.29) is 6.03 Å². The Bertz CT molecular complexity index is 408. The quantitative estimate of drug-likeness (QED) is 0.741. The van der Waals surface area contributed by atoms with Crippen LogP contribution in [0.1, 0.15) is 0 Å². The molecule has 0 aliphatic carbocycles. The second kappa shape index (κ2) is 3.74. The highest BCUT2D eigenvalue weighted by atomic mass is 16.2. The van der Waals surface area contributed by atoms with E-state index in [1.54, 1.807) is 49.1 Å². The van der Waals surface area contributed by atoms with Crippen molar-refractivity contribution in [2.24, 2.45) is 0 Å². The lowest BCUT2D eigenvalue weighted by molar-refractivity contribution is 0.253. The molecule has 4 nitrogen and oxygen atoms in total. The van der Waals surface area contributed by atoms with Crippen molar-refractivity contribution in [3.63, 3.8) is 0 Å². The van der Waals surface area contributed by atoms with Crippen LogP contribution in [-0.4, -0.2) is 15.6 Å². The molecule has 0 saturated carbocycles. The van der Waals surface area contributed by atoms with Gasteiger partial charge < -0.3 is 5.32 Å². The molecule has 0 saturated heterocycles. The Morgan fingerprint density at radius 1 is 1.21 bits per heavy atom. The van der Waals surface area contributed by atoms with Crippen LogP contribution in [0.2, 0.25) is 0 Å². The number of carbonyl (C=O) groups excluding carboxylic acids is 1. The standard InChI is InChI=1S/C10H9N3O/c14-10(13-7-1-2-8-13)12-9-3-5-11-6-4-9/h1-8H,(H,11,12,14). The van der Waals surface area contributed by atoms with Gasteiger partial charge in [0, 0.05) is 30.5 Å². The predicted molar refractivity (Wildman–Crippen MR) is 53.1 cm³/mol. The minimum atomic E-state index is -0.179. The van der Waals surface area contributed by atoms with Crippen LogP contribution in [0.5, 0.6) is 0 Å². The molecule has 0 radical (unpaired) electrons. The molecule has 0 aliphatic heterocycles. The van der Waals surface area contributed by atoms with E-state index in [0.29, 0.717) is 0 Å². The molecule has 70 valence electrons. The number of hydrogen-bond acceptors (Lipinski definition) is 2. The molecule has 1 amide bonds. The van der Waals surface area contributed by atoms with Crippen LogP contribution in [0.3, 0.4) is 0 Å². The number of anilines is 1. The summed E-state index contributed by atoms with van der Waals surface area (Å²) in [6.07, 6.45) is 6.64. The summed E-state index contributed by atoms with van der Waals surface area (Å²) in [6.45, 7) is 0. The summed E-state index contributed by atoms with van der Waals surface area (Å²) < 4.78 is 1.47. The molecule has 0 bridgehead atoms. The van der Waals surface area contributed by atoms with Gasteiger partial charge in [0.2, 0.25) is 0 Å². The molecule has 4 heteroatoms. The molecule has 14 heavy (non-hydrogen) atoms. The van der Waals surface area contributed by atoms with Crippen molar-refractivity contribution >= 4 is 11.7 Å². The molecule has 2 aromatic heterocycles. The highest BCUT2D eigenvalue weighted by Crippen LogP contribution is 2.04. The second-order valence-electron chi connectivity index (χ2n) is 2.76. The molecular weight excluding hydrogens is 178 g/mol. The van der Waals surface area contributed by atoms with Crippen LogP contribution >= 0.6 is 0 Å². The van der Waals surface area contributed by atoms with Crippen LogP contribution in [0, 0.1) is 0 Å². The molecule has 0 aromatic carbocycles. The molecule has 2 heterocycles. The van der Waals surface area contributed by atoms with E-state index in [0.717, 1.165) is 5.69 Å². The van der Waals surface area contributed by atoms with Gasteiger partial charge in [0.15, 0.2) is 0 Å². The third-order valence-corrected chi connectivity index (χ3v) is 1.77. The van der Waals surface area contributed by atoms with Gasteiger partial charge in [-0.05, 0) is 24.3 Å². The zero-order valence-electron chi connectivity index (χ0n) is 7.42. The van der Waals surface area contributed by atoms with Crippen LogP contribution in [-0.2, 0) is 0 Å². The van der Waals surface area contributed by atoms with Crippen molar-refractivity contribution in [2.75, 3.05) is 5.32 Å². The lowest BCUT2D eigenvalue weighted by Gasteiger charge is -2.04. The summed E-state index contributed by atoms with van der Waals surface area (Å²) in [6, 6.07) is 6.89. The van der Waals surface area contributed by atoms with Crippen LogP contribution in [0.4, 0.5) is 10.5 Å². The predicted octanol–water partition coefficient (Wildman–Crippen LogP) is 1.96. The Balaban J connectivity index is 2.10. The summed E-state index contributed by atoms with van der Waals surface area (Å²) in [5.74, 6) is 0.